The topological polar surface area (TPSA) is 49.4 Å². The molecule has 4 nitrogen and oxygen atoms in total. The first-order valence-electron chi connectivity index (χ1n) is 10.3. The summed E-state index contributed by atoms with van der Waals surface area (Å²) in [7, 11) is 0. The fourth-order valence-corrected chi connectivity index (χ4v) is 4.75. The summed E-state index contributed by atoms with van der Waals surface area (Å²) in [5.41, 5.74) is 2.23. The minimum absolute atomic E-state index is 0.0647. The molecular formula is C25H19F3N2O2. The van der Waals surface area contributed by atoms with Crippen LogP contribution in [0, 0.1) is 0 Å². The molecule has 0 saturated heterocycles. The Morgan fingerprint density at radius 3 is 2.44 bits per heavy atom. The number of alkyl halides is 3. The second-order valence-corrected chi connectivity index (χ2v) is 8.02. The van der Waals surface area contributed by atoms with Gasteiger partial charge in [-0.2, -0.15) is 13.2 Å². The van der Waals surface area contributed by atoms with Crippen LogP contribution in [0.3, 0.4) is 0 Å². The molecular weight excluding hydrogens is 417 g/mol. The fraction of sp³-hybridized carbons (Fsp3) is 0.200. The van der Waals surface area contributed by atoms with E-state index < -0.39 is 29.6 Å². The summed E-state index contributed by atoms with van der Waals surface area (Å²) in [4.78, 5) is 28.5. The van der Waals surface area contributed by atoms with E-state index in [1.54, 1.807) is 29.2 Å². The molecule has 2 atom stereocenters. The van der Waals surface area contributed by atoms with Gasteiger partial charge < -0.3 is 10.2 Å². The van der Waals surface area contributed by atoms with Gasteiger partial charge in [-0.25, -0.2) is 0 Å². The monoisotopic (exact) mass is 436 g/mol. The third-order valence-corrected chi connectivity index (χ3v) is 6.17. The van der Waals surface area contributed by atoms with Crippen molar-refractivity contribution < 1.29 is 22.8 Å². The fourth-order valence-electron chi connectivity index (χ4n) is 4.75. The largest absolute Gasteiger partial charge is 0.416 e. The number of nitrogens with one attached hydrogen (secondary N) is 1. The maximum absolute atomic E-state index is 13.5. The molecule has 0 fully saturated rings. The van der Waals surface area contributed by atoms with Gasteiger partial charge >= 0.3 is 6.18 Å². The lowest BCUT2D eigenvalue weighted by molar-refractivity contribution is -0.137. The van der Waals surface area contributed by atoms with E-state index in [-0.39, 0.29) is 11.6 Å². The highest BCUT2D eigenvalue weighted by atomic mass is 19.4. The van der Waals surface area contributed by atoms with Gasteiger partial charge in [0.1, 0.15) is 0 Å². The third kappa shape index (κ3) is 3.34. The van der Waals surface area contributed by atoms with Crippen LogP contribution >= 0.6 is 0 Å². The Morgan fingerprint density at radius 2 is 1.66 bits per heavy atom. The standard InChI is InChI=1S/C25H19F3N2O2/c26-25(27,28)16-7-5-8-17(14-16)29-23(31)21-19-10-3-4-11-20(19)24(32)30-13-12-15-6-1-2-9-18(15)22(21)30/h1-11,14,21-22H,12-13H2,(H,29,31)/t21-,22+/m1/s1. The molecule has 3 aromatic carbocycles. The first-order chi connectivity index (χ1) is 15.3. The number of fused-ring (bicyclic) bond motifs is 4. The van der Waals surface area contributed by atoms with Crippen molar-refractivity contribution in [2.24, 2.45) is 0 Å². The summed E-state index contributed by atoms with van der Waals surface area (Å²) in [5.74, 6) is -1.33. The van der Waals surface area contributed by atoms with E-state index >= 15 is 0 Å². The van der Waals surface area contributed by atoms with Gasteiger partial charge in [0.2, 0.25) is 5.91 Å². The molecule has 0 bridgehead atoms. The van der Waals surface area contributed by atoms with Crippen molar-refractivity contribution in [1.82, 2.24) is 4.90 Å². The summed E-state index contributed by atoms with van der Waals surface area (Å²) in [5, 5.41) is 2.67. The van der Waals surface area contributed by atoms with Gasteiger partial charge in [-0.05, 0) is 47.4 Å². The summed E-state index contributed by atoms with van der Waals surface area (Å²) in [6.45, 7) is 0.474. The molecule has 0 saturated carbocycles. The number of carbonyl (C=O) groups is 2. The number of carbonyl (C=O) groups excluding carboxylic acids is 2. The average molecular weight is 436 g/mol. The number of hydrogen-bond donors (Lipinski definition) is 1. The van der Waals surface area contributed by atoms with Crippen molar-refractivity contribution in [3.05, 3.63) is 101 Å². The molecule has 2 aliphatic heterocycles. The van der Waals surface area contributed by atoms with Crippen LogP contribution in [0.15, 0.2) is 72.8 Å². The predicted octanol–water partition coefficient (Wildman–Crippen LogP) is 5.18. The van der Waals surface area contributed by atoms with Gasteiger partial charge in [-0.3, -0.25) is 9.59 Å². The first-order valence-corrected chi connectivity index (χ1v) is 10.3. The molecule has 162 valence electrons. The Kier molecular flexibility index (Phi) is 4.77. The minimum atomic E-state index is -4.51. The number of rotatable bonds is 2. The zero-order valence-corrected chi connectivity index (χ0v) is 16.9. The van der Waals surface area contributed by atoms with Crippen molar-refractivity contribution in [3.8, 4) is 0 Å². The highest BCUT2D eigenvalue weighted by Gasteiger charge is 2.46. The maximum atomic E-state index is 13.5. The van der Waals surface area contributed by atoms with Crippen LogP contribution < -0.4 is 5.32 Å². The molecule has 0 unspecified atom stereocenters. The highest BCUT2D eigenvalue weighted by molar-refractivity contribution is 6.04. The zero-order chi connectivity index (χ0) is 22.5. The van der Waals surface area contributed by atoms with Crippen LogP contribution in [0.4, 0.5) is 18.9 Å². The minimum Gasteiger partial charge on any atom is -0.330 e. The highest BCUT2D eigenvalue weighted by Crippen LogP contribution is 2.46. The van der Waals surface area contributed by atoms with Crippen molar-refractivity contribution in [1.29, 1.82) is 0 Å². The SMILES string of the molecule is O=C(Nc1cccc(C(F)(F)F)c1)[C@@H]1c2ccccc2C(=O)N2CCc3ccccc3[C@@H]12. The third-order valence-electron chi connectivity index (χ3n) is 6.17. The molecule has 0 radical (unpaired) electrons. The number of halogens is 3. The molecule has 2 aliphatic rings. The Balaban J connectivity index is 1.59. The van der Waals surface area contributed by atoms with Crippen LogP contribution in [0.2, 0.25) is 0 Å². The Morgan fingerprint density at radius 1 is 0.938 bits per heavy atom. The van der Waals surface area contributed by atoms with E-state index in [2.05, 4.69) is 5.32 Å². The summed E-state index contributed by atoms with van der Waals surface area (Å²) >= 11 is 0. The molecule has 0 spiro atoms. The molecule has 0 aromatic heterocycles. The molecule has 3 aromatic rings. The number of amides is 2. The van der Waals surface area contributed by atoms with E-state index in [0.717, 1.165) is 23.3 Å². The molecule has 1 N–H and O–H groups in total. The maximum Gasteiger partial charge on any atom is 0.416 e. The Bertz CT molecular complexity index is 1220. The Hall–Kier alpha value is -3.61. The van der Waals surface area contributed by atoms with Gasteiger partial charge in [0.25, 0.3) is 5.91 Å². The smallest absolute Gasteiger partial charge is 0.330 e. The van der Waals surface area contributed by atoms with Gasteiger partial charge in [-0.15, -0.1) is 0 Å². The van der Waals surface area contributed by atoms with E-state index in [4.69, 9.17) is 0 Å². The van der Waals surface area contributed by atoms with Crippen LogP contribution in [-0.2, 0) is 17.4 Å². The predicted molar refractivity (Wildman–Crippen MR) is 113 cm³/mol. The number of nitrogens with zero attached hydrogens (tertiary/aromatic N) is 1. The van der Waals surface area contributed by atoms with Crippen LogP contribution in [0.5, 0.6) is 0 Å². The molecule has 2 heterocycles. The second-order valence-electron chi connectivity index (χ2n) is 8.02. The molecule has 2 amide bonds. The number of benzene rings is 3. The van der Waals surface area contributed by atoms with Crippen molar-refractivity contribution in [2.75, 3.05) is 11.9 Å². The number of hydrogen-bond acceptors (Lipinski definition) is 2. The zero-order valence-electron chi connectivity index (χ0n) is 16.9. The lowest BCUT2D eigenvalue weighted by atomic mass is 9.76. The van der Waals surface area contributed by atoms with E-state index in [1.807, 2.05) is 24.3 Å². The molecule has 32 heavy (non-hydrogen) atoms. The summed E-state index contributed by atoms with van der Waals surface area (Å²) in [6.07, 6.45) is -3.83. The van der Waals surface area contributed by atoms with Gasteiger partial charge in [0.15, 0.2) is 0 Å². The van der Waals surface area contributed by atoms with Crippen molar-refractivity contribution in [2.45, 2.75) is 24.6 Å². The summed E-state index contributed by atoms with van der Waals surface area (Å²) < 4.78 is 39.4. The lowest BCUT2D eigenvalue weighted by Gasteiger charge is -2.45. The van der Waals surface area contributed by atoms with Crippen molar-refractivity contribution >= 4 is 17.5 Å². The molecule has 5 rings (SSSR count). The molecule has 0 aliphatic carbocycles. The van der Waals surface area contributed by atoms with Crippen LogP contribution in [-0.4, -0.2) is 23.3 Å². The quantitative estimate of drug-likeness (QED) is 0.602. The van der Waals surface area contributed by atoms with Crippen LogP contribution in [0.1, 0.15) is 44.6 Å². The molecule has 7 heteroatoms. The van der Waals surface area contributed by atoms with E-state index in [0.29, 0.717) is 24.1 Å². The lowest BCUT2D eigenvalue weighted by Crippen LogP contribution is -2.49. The summed E-state index contributed by atoms with van der Waals surface area (Å²) in [6, 6.07) is 18.7. The second kappa shape index (κ2) is 7.51. The number of anilines is 1. The van der Waals surface area contributed by atoms with E-state index in [1.165, 1.54) is 12.1 Å². The van der Waals surface area contributed by atoms with E-state index in [9.17, 15) is 22.8 Å². The average Bonchev–Trinajstić information content (AvgIpc) is 2.79. The van der Waals surface area contributed by atoms with Gasteiger partial charge in [0.05, 0.1) is 17.5 Å². The van der Waals surface area contributed by atoms with Gasteiger partial charge in [-0.1, -0.05) is 48.5 Å². The Labute approximate surface area is 182 Å². The first kappa shape index (κ1) is 20.3. The van der Waals surface area contributed by atoms with Crippen molar-refractivity contribution in [3.63, 3.8) is 0 Å². The van der Waals surface area contributed by atoms with Crippen LogP contribution in [0.25, 0.3) is 0 Å². The normalized spacial score (nSPS) is 19.6. The van der Waals surface area contributed by atoms with Gasteiger partial charge in [0, 0.05) is 17.8 Å².